The SMILES string of the molecule is CC(Oc1ccc(Cl)cc1)C(=O)Nc1ccc(C(=O)N(C)c2ccccc2)cc1. The van der Waals surface area contributed by atoms with Gasteiger partial charge >= 0.3 is 0 Å². The van der Waals surface area contributed by atoms with Crippen molar-refractivity contribution in [2.75, 3.05) is 17.3 Å². The first kappa shape index (κ1) is 20.4. The zero-order chi connectivity index (χ0) is 20.8. The maximum absolute atomic E-state index is 12.6. The zero-order valence-corrected chi connectivity index (χ0v) is 16.9. The summed E-state index contributed by atoms with van der Waals surface area (Å²) < 4.78 is 5.61. The van der Waals surface area contributed by atoms with Crippen molar-refractivity contribution >= 4 is 34.8 Å². The summed E-state index contributed by atoms with van der Waals surface area (Å²) in [5, 5.41) is 3.38. The number of nitrogens with one attached hydrogen (secondary N) is 1. The average molecular weight is 409 g/mol. The van der Waals surface area contributed by atoms with E-state index in [0.717, 1.165) is 5.69 Å². The minimum Gasteiger partial charge on any atom is -0.481 e. The largest absolute Gasteiger partial charge is 0.481 e. The molecular formula is C23H21ClN2O3. The van der Waals surface area contributed by atoms with Crippen LogP contribution in [0.4, 0.5) is 11.4 Å². The molecule has 1 atom stereocenters. The molecule has 29 heavy (non-hydrogen) atoms. The predicted octanol–water partition coefficient (Wildman–Crippen LogP) is 5.02. The number of carbonyl (C=O) groups is 2. The maximum Gasteiger partial charge on any atom is 0.265 e. The van der Waals surface area contributed by atoms with Crippen LogP contribution in [0.3, 0.4) is 0 Å². The van der Waals surface area contributed by atoms with E-state index in [4.69, 9.17) is 16.3 Å². The molecule has 0 aliphatic heterocycles. The predicted molar refractivity (Wildman–Crippen MR) is 116 cm³/mol. The van der Waals surface area contributed by atoms with Crippen molar-refractivity contribution in [3.63, 3.8) is 0 Å². The molecule has 0 aliphatic carbocycles. The van der Waals surface area contributed by atoms with Gasteiger partial charge in [0.1, 0.15) is 5.75 Å². The third-order valence-corrected chi connectivity index (χ3v) is 4.60. The number of hydrogen-bond donors (Lipinski definition) is 1. The van der Waals surface area contributed by atoms with Crippen LogP contribution in [0.25, 0.3) is 0 Å². The van der Waals surface area contributed by atoms with Gasteiger partial charge in [-0.1, -0.05) is 29.8 Å². The fourth-order valence-electron chi connectivity index (χ4n) is 2.67. The van der Waals surface area contributed by atoms with Crippen molar-refractivity contribution in [2.24, 2.45) is 0 Å². The Kier molecular flexibility index (Phi) is 6.52. The minimum absolute atomic E-state index is 0.131. The van der Waals surface area contributed by atoms with Crippen molar-refractivity contribution in [1.29, 1.82) is 0 Å². The first-order valence-electron chi connectivity index (χ1n) is 9.10. The van der Waals surface area contributed by atoms with Crippen LogP contribution in [0.2, 0.25) is 5.02 Å². The van der Waals surface area contributed by atoms with Gasteiger partial charge in [0.2, 0.25) is 0 Å². The number of nitrogens with zero attached hydrogens (tertiary/aromatic N) is 1. The Morgan fingerprint density at radius 1 is 0.931 bits per heavy atom. The lowest BCUT2D eigenvalue weighted by molar-refractivity contribution is -0.122. The highest BCUT2D eigenvalue weighted by molar-refractivity contribution is 6.30. The van der Waals surface area contributed by atoms with E-state index in [1.807, 2.05) is 30.3 Å². The molecule has 1 unspecified atom stereocenters. The third-order valence-electron chi connectivity index (χ3n) is 4.34. The number of benzene rings is 3. The van der Waals surface area contributed by atoms with Gasteiger partial charge in [0, 0.05) is 29.0 Å². The number of rotatable bonds is 6. The van der Waals surface area contributed by atoms with Gasteiger partial charge in [-0.05, 0) is 67.6 Å². The van der Waals surface area contributed by atoms with Crippen LogP contribution in [-0.2, 0) is 4.79 Å². The fourth-order valence-corrected chi connectivity index (χ4v) is 2.80. The number of halogens is 1. The standard InChI is InChI=1S/C23H21ClN2O3/c1-16(29-21-14-10-18(24)11-15-21)22(27)25-19-12-8-17(9-13-19)23(28)26(2)20-6-4-3-5-7-20/h3-16H,1-2H3,(H,25,27). The Hall–Kier alpha value is -3.31. The van der Waals surface area contributed by atoms with Crippen LogP contribution >= 0.6 is 11.6 Å². The Labute approximate surface area is 174 Å². The van der Waals surface area contributed by atoms with E-state index in [0.29, 0.717) is 22.0 Å². The molecule has 0 aliphatic rings. The van der Waals surface area contributed by atoms with Gasteiger partial charge in [-0.25, -0.2) is 0 Å². The highest BCUT2D eigenvalue weighted by atomic mass is 35.5. The number of amides is 2. The number of anilines is 2. The monoisotopic (exact) mass is 408 g/mol. The van der Waals surface area contributed by atoms with Gasteiger partial charge in [-0.3, -0.25) is 9.59 Å². The second-order valence-corrected chi connectivity index (χ2v) is 6.92. The van der Waals surface area contributed by atoms with E-state index in [1.165, 1.54) is 0 Å². The molecule has 0 fully saturated rings. The number of ether oxygens (including phenoxy) is 1. The van der Waals surface area contributed by atoms with Gasteiger partial charge in [-0.2, -0.15) is 0 Å². The fraction of sp³-hybridized carbons (Fsp3) is 0.130. The van der Waals surface area contributed by atoms with E-state index in [1.54, 1.807) is 67.4 Å². The van der Waals surface area contributed by atoms with Gasteiger partial charge in [0.15, 0.2) is 6.10 Å². The lowest BCUT2D eigenvalue weighted by Gasteiger charge is -2.18. The van der Waals surface area contributed by atoms with Crippen molar-refractivity contribution in [2.45, 2.75) is 13.0 Å². The molecule has 0 heterocycles. The Morgan fingerprint density at radius 2 is 1.55 bits per heavy atom. The van der Waals surface area contributed by atoms with Gasteiger partial charge in [0.05, 0.1) is 0 Å². The Morgan fingerprint density at radius 3 is 2.17 bits per heavy atom. The summed E-state index contributed by atoms with van der Waals surface area (Å²) in [4.78, 5) is 26.6. The summed E-state index contributed by atoms with van der Waals surface area (Å²) >= 11 is 5.85. The van der Waals surface area contributed by atoms with Crippen molar-refractivity contribution in [1.82, 2.24) is 0 Å². The normalized spacial score (nSPS) is 11.4. The molecule has 6 heteroatoms. The molecule has 3 rings (SSSR count). The molecule has 0 saturated heterocycles. The van der Waals surface area contributed by atoms with Crippen molar-refractivity contribution < 1.29 is 14.3 Å². The lowest BCUT2D eigenvalue weighted by Crippen LogP contribution is -2.30. The topological polar surface area (TPSA) is 58.6 Å². The summed E-state index contributed by atoms with van der Waals surface area (Å²) in [5.74, 6) is 0.135. The smallest absolute Gasteiger partial charge is 0.265 e. The highest BCUT2D eigenvalue weighted by Crippen LogP contribution is 2.19. The molecule has 0 spiro atoms. The molecule has 3 aromatic carbocycles. The number of hydrogen-bond acceptors (Lipinski definition) is 3. The van der Waals surface area contributed by atoms with E-state index in [2.05, 4.69) is 5.32 Å². The second-order valence-electron chi connectivity index (χ2n) is 6.48. The Bertz CT molecular complexity index is 973. The summed E-state index contributed by atoms with van der Waals surface area (Å²) in [6.45, 7) is 1.66. The number of para-hydroxylation sites is 1. The summed E-state index contributed by atoms with van der Waals surface area (Å²) in [7, 11) is 1.73. The molecule has 1 N–H and O–H groups in total. The molecule has 0 aromatic heterocycles. The van der Waals surface area contributed by atoms with Crippen LogP contribution in [0.1, 0.15) is 17.3 Å². The molecule has 3 aromatic rings. The van der Waals surface area contributed by atoms with E-state index in [9.17, 15) is 9.59 Å². The zero-order valence-electron chi connectivity index (χ0n) is 16.1. The van der Waals surface area contributed by atoms with Crippen LogP contribution in [0.5, 0.6) is 5.75 Å². The summed E-state index contributed by atoms with van der Waals surface area (Å²) in [6.07, 6.45) is -0.693. The van der Waals surface area contributed by atoms with E-state index >= 15 is 0 Å². The average Bonchev–Trinajstić information content (AvgIpc) is 2.75. The van der Waals surface area contributed by atoms with Gasteiger partial charge in [0.25, 0.3) is 11.8 Å². The van der Waals surface area contributed by atoms with Crippen LogP contribution in [-0.4, -0.2) is 25.0 Å². The number of carbonyl (C=O) groups excluding carboxylic acids is 2. The van der Waals surface area contributed by atoms with Crippen molar-refractivity contribution in [3.05, 3.63) is 89.4 Å². The summed E-state index contributed by atoms with van der Waals surface area (Å²) in [6, 6.07) is 23.0. The quantitative estimate of drug-likeness (QED) is 0.622. The van der Waals surface area contributed by atoms with E-state index < -0.39 is 6.10 Å². The molecule has 2 amide bonds. The first-order chi connectivity index (χ1) is 13.9. The lowest BCUT2D eigenvalue weighted by atomic mass is 10.1. The molecule has 0 radical (unpaired) electrons. The minimum atomic E-state index is -0.693. The highest BCUT2D eigenvalue weighted by Gasteiger charge is 2.16. The first-order valence-corrected chi connectivity index (χ1v) is 9.48. The van der Waals surface area contributed by atoms with Crippen LogP contribution < -0.4 is 15.0 Å². The third kappa shape index (κ3) is 5.36. The van der Waals surface area contributed by atoms with E-state index in [-0.39, 0.29) is 11.8 Å². The van der Waals surface area contributed by atoms with Crippen LogP contribution in [0, 0.1) is 0 Å². The second kappa shape index (κ2) is 9.26. The van der Waals surface area contributed by atoms with Crippen molar-refractivity contribution in [3.8, 4) is 5.75 Å². The van der Waals surface area contributed by atoms with Gasteiger partial charge < -0.3 is 15.0 Å². The maximum atomic E-state index is 12.6. The molecule has 148 valence electrons. The molecule has 0 bridgehead atoms. The van der Waals surface area contributed by atoms with Crippen LogP contribution in [0.15, 0.2) is 78.9 Å². The molecular weight excluding hydrogens is 388 g/mol. The molecule has 0 saturated carbocycles. The van der Waals surface area contributed by atoms with Gasteiger partial charge in [-0.15, -0.1) is 0 Å². The Balaban J connectivity index is 1.60. The molecule has 5 nitrogen and oxygen atoms in total. The summed E-state index contributed by atoms with van der Waals surface area (Å²) in [5.41, 5.74) is 1.92.